The minimum absolute atomic E-state index is 0.223. The van der Waals surface area contributed by atoms with E-state index in [9.17, 15) is 9.18 Å². The van der Waals surface area contributed by atoms with E-state index >= 15 is 0 Å². The molecule has 0 spiro atoms. The molecule has 0 radical (unpaired) electrons. The number of nitrogens with zero attached hydrogens (tertiary/aromatic N) is 2. The first-order valence-corrected chi connectivity index (χ1v) is 8.06. The summed E-state index contributed by atoms with van der Waals surface area (Å²) >= 11 is 0. The van der Waals surface area contributed by atoms with Gasteiger partial charge in [0.15, 0.2) is 0 Å². The highest BCUT2D eigenvalue weighted by Crippen LogP contribution is 2.22. The minimum atomic E-state index is -0.290. The molecule has 1 amide bonds. The van der Waals surface area contributed by atoms with Gasteiger partial charge in [-0.2, -0.15) is 5.10 Å². The molecule has 1 fully saturated rings. The van der Waals surface area contributed by atoms with E-state index in [-0.39, 0.29) is 17.8 Å². The van der Waals surface area contributed by atoms with E-state index in [0.717, 1.165) is 24.2 Å². The number of carbonyl (C=O) groups is 1. The maximum atomic E-state index is 13.0. The third-order valence-electron chi connectivity index (χ3n) is 4.24. The molecule has 1 aliphatic rings. The lowest BCUT2D eigenvalue weighted by atomic mass is 10.1. The zero-order chi connectivity index (χ0) is 17.2. The number of aromatic nitrogens is 3. The third-order valence-corrected chi connectivity index (χ3v) is 4.24. The van der Waals surface area contributed by atoms with Crippen molar-refractivity contribution >= 4 is 11.6 Å². The molecule has 1 aromatic carbocycles. The van der Waals surface area contributed by atoms with Gasteiger partial charge in [-0.15, -0.1) is 0 Å². The quantitative estimate of drug-likeness (QED) is 0.766. The van der Waals surface area contributed by atoms with E-state index in [1.807, 2.05) is 4.68 Å². The fraction of sp³-hybridized carbons (Fsp3) is 0.222. The molecule has 0 saturated carbocycles. The molecule has 0 unspecified atom stereocenters. The van der Waals surface area contributed by atoms with Gasteiger partial charge in [-0.25, -0.2) is 4.39 Å². The van der Waals surface area contributed by atoms with E-state index in [1.54, 1.807) is 36.8 Å². The van der Waals surface area contributed by atoms with Crippen molar-refractivity contribution in [1.82, 2.24) is 14.8 Å². The second-order valence-electron chi connectivity index (χ2n) is 5.99. The first-order valence-electron chi connectivity index (χ1n) is 8.06. The predicted octanol–water partition coefficient (Wildman–Crippen LogP) is 3.23. The molecular formula is C18H17FN4O2. The number of carbonyl (C=O) groups excluding carboxylic acids is 1. The summed E-state index contributed by atoms with van der Waals surface area (Å²) in [7, 11) is 0. The molecule has 3 aromatic rings. The van der Waals surface area contributed by atoms with Crippen molar-refractivity contribution in [3.8, 4) is 11.1 Å². The van der Waals surface area contributed by atoms with Crippen molar-refractivity contribution in [2.45, 2.75) is 12.5 Å². The average Bonchev–Trinajstić information content (AvgIpc) is 3.36. The molecule has 7 heteroatoms. The number of anilines is 1. The second-order valence-corrected chi connectivity index (χ2v) is 5.99. The Kier molecular flexibility index (Phi) is 4.07. The number of hydrogen-bond donors (Lipinski definition) is 2. The van der Waals surface area contributed by atoms with Crippen molar-refractivity contribution in [2.75, 3.05) is 18.5 Å². The van der Waals surface area contributed by atoms with Crippen LogP contribution in [-0.4, -0.2) is 33.9 Å². The molecule has 0 aliphatic carbocycles. The fourth-order valence-corrected chi connectivity index (χ4v) is 2.87. The van der Waals surface area contributed by atoms with Crippen LogP contribution in [0.3, 0.4) is 0 Å². The van der Waals surface area contributed by atoms with Crippen LogP contribution < -0.4 is 5.32 Å². The van der Waals surface area contributed by atoms with Crippen LogP contribution in [0.5, 0.6) is 0 Å². The molecular weight excluding hydrogens is 323 g/mol. The van der Waals surface area contributed by atoms with E-state index in [4.69, 9.17) is 4.74 Å². The topological polar surface area (TPSA) is 71.9 Å². The number of nitrogens with one attached hydrogen (secondary N) is 2. The van der Waals surface area contributed by atoms with Gasteiger partial charge in [-0.3, -0.25) is 9.48 Å². The minimum Gasteiger partial charge on any atom is -0.379 e. The van der Waals surface area contributed by atoms with Gasteiger partial charge in [0, 0.05) is 19.0 Å². The zero-order valence-electron chi connectivity index (χ0n) is 13.4. The number of rotatable bonds is 4. The van der Waals surface area contributed by atoms with Gasteiger partial charge in [0.05, 0.1) is 24.5 Å². The van der Waals surface area contributed by atoms with Crippen molar-refractivity contribution in [2.24, 2.45) is 0 Å². The lowest BCUT2D eigenvalue weighted by molar-refractivity contribution is 0.102. The van der Waals surface area contributed by atoms with Gasteiger partial charge in [0.2, 0.25) is 0 Å². The van der Waals surface area contributed by atoms with Gasteiger partial charge in [0.1, 0.15) is 11.5 Å². The molecule has 2 aromatic heterocycles. The van der Waals surface area contributed by atoms with Crippen LogP contribution in [0.25, 0.3) is 11.1 Å². The lowest BCUT2D eigenvalue weighted by Crippen LogP contribution is -2.12. The Morgan fingerprint density at radius 2 is 2.16 bits per heavy atom. The average molecular weight is 340 g/mol. The summed E-state index contributed by atoms with van der Waals surface area (Å²) in [5.74, 6) is -0.544. The first-order chi connectivity index (χ1) is 12.2. The smallest absolute Gasteiger partial charge is 0.272 e. The SMILES string of the molecule is O=C(Nc1cnn([C@H]2CCOC2)c1)c1cc(-c2ccc(F)cc2)c[nH]1. The maximum Gasteiger partial charge on any atom is 0.272 e. The normalized spacial score (nSPS) is 16.9. The van der Waals surface area contributed by atoms with Gasteiger partial charge < -0.3 is 15.0 Å². The summed E-state index contributed by atoms with van der Waals surface area (Å²) < 4.78 is 20.2. The number of ether oxygens (including phenoxy) is 1. The molecule has 3 heterocycles. The number of halogens is 1. The zero-order valence-corrected chi connectivity index (χ0v) is 13.4. The highest BCUT2D eigenvalue weighted by atomic mass is 19.1. The van der Waals surface area contributed by atoms with E-state index in [2.05, 4.69) is 15.4 Å². The van der Waals surface area contributed by atoms with Crippen molar-refractivity contribution in [1.29, 1.82) is 0 Å². The number of aromatic amines is 1. The van der Waals surface area contributed by atoms with Gasteiger partial charge >= 0.3 is 0 Å². The van der Waals surface area contributed by atoms with Crippen molar-refractivity contribution in [3.63, 3.8) is 0 Å². The van der Waals surface area contributed by atoms with Gasteiger partial charge in [0.25, 0.3) is 5.91 Å². The Labute approximate surface area is 143 Å². The summed E-state index contributed by atoms with van der Waals surface area (Å²) in [4.78, 5) is 15.3. The molecule has 1 atom stereocenters. The van der Waals surface area contributed by atoms with E-state index in [0.29, 0.717) is 18.0 Å². The van der Waals surface area contributed by atoms with Gasteiger partial charge in [-0.05, 0) is 35.7 Å². The van der Waals surface area contributed by atoms with E-state index in [1.165, 1.54) is 12.1 Å². The van der Waals surface area contributed by atoms with Crippen LogP contribution in [0.4, 0.5) is 10.1 Å². The Balaban J connectivity index is 1.45. The van der Waals surface area contributed by atoms with Crippen molar-refractivity contribution in [3.05, 3.63) is 60.4 Å². The van der Waals surface area contributed by atoms with Crippen LogP contribution >= 0.6 is 0 Å². The fourth-order valence-electron chi connectivity index (χ4n) is 2.87. The van der Waals surface area contributed by atoms with Crippen LogP contribution in [0.2, 0.25) is 0 Å². The van der Waals surface area contributed by atoms with Crippen LogP contribution in [0.1, 0.15) is 23.0 Å². The van der Waals surface area contributed by atoms with Crippen molar-refractivity contribution < 1.29 is 13.9 Å². The standard InChI is InChI=1S/C18H17FN4O2/c19-14-3-1-12(2-4-14)13-7-17(20-8-13)18(24)22-15-9-21-23(10-15)16-5-6-25-11-16/h1-4,7-10,16,20H,5-6,11H2,(H,22,24)/t16-/m0/s1. The summed E-state index contributed by atoms with van der Waals surface area (Å²) in [5, 5.41) is 7.10. The summed E-state index contributed by atoms with van der Waals surface area (Å²) in [6, 6.07) is 8.09. The largest absolute Gasteiger partial charge is 0.379 e. The van der Waals surface area contributed by atoms with Gasteiger partial charge in [-0.1, -0.05) is 12.1 Å². The number of hydrogen-bond acceptors (Lipinski definition) is 3. The third kappa shape index (κ3) is 3.32. The molecule has 1 aliphatic heterocycles. The Morgan fingerprint density at radius 3 is 2.92 bits per heavy atom. The molecule has 6 nitrogen and oxygen atoms in total. The highest BCUT2D eigenvalue weighted by molar-refractivity contribution is 6.03. The van der Waals surface area contributed by atoms with E-state index < -0.39 is 0 Å². The molecule has 2 N–H and O–H groups in total. The van der Waals surface area contributed by atoms with Crippen LogP contribution in [0, 0.1) is 5.82 Å². The Morgan fingerprint density at radius 1 is 1.32 bits per heavy atom. The number of H-pyrrole nitrogens is 1. The number of amides is 1. The molecule has 1 saturated heterocycles. The monoisotopic (exact) mass is 340 g/mol. The lowest BCUT2D eigenvalue weighted by Gasteiger charge is -2.06. The molecule has 128 valence electrons. The van der Waals surface area contributed by atoms with Crippen LogP contribution in [-0.2, 0) is 4.74 Å². The Hall–Kier alpha value is -2.93. The molecule has 25 heavy (non-hydrogen) atoms. The first kappa shape index (κ1) is 15.6. The summed E-state index contributed by atoms with van der Waals surface area (Å²) in [5.41, 5.74) is 2.72. The molecule has 4 rings (SSSR count). The van der Waals surface area contributed by atoms with Crippen LogP contribution in [0.15, 0.2) is 48.9 Å². The maximum absolute atomic E-state index is 13.0. The second kappa shape index (κ2) is 6.52. The number of benzene rings is 1. The highest BCUT2D eigenvalue weighted by Gasteiger charge is 2.19. The summed E-state index contributed by atoms with van der Waals surface area (Å²) in [6.45, 7) is 1.38. The molecule has 0 bridgehead atoms. The Bertz CT molecular complexity index is 879. The summed E-state index contributed by atoms with van der Waals surface area (Å²) in [6.07, 6.45) is 6.08. The predicted molar refractivity (Wildman–Crippen MR) is 90.8 cm³/mol.